The number of benzene rings is 1. The molecule has 0 saturated heterocycles. The van der Waals surface area contributed by atoms with Crippen LogP contribution in [0.1, 0.15) is 38.2 Å². The summed E-state index contributed by atoms with van der Waals surface area (Å²) in [6.45, 7) is 2.28. The van der Waals surface area contributed by atoms with Crippen molar-refractivity contribution in [2.24, 2.45) is 5.92 Å². The summed E-state index contributed by atoms with van der Waals surface area (Å²) in [5.41, 5.74) is 0.934. The minimum absolute atomic E-state index is 0.180. The monoisotopic (exact) mass is 222 g/mol. The van der Waals surface area contributed by atoms with Gasteiger partial charge >= 0.3 is 0 Å². The Balaban J connectivity index is 2.24. The Morgan fingerprint density at radius 3 is 2.25 bits per heavy atom. The molecule has 1 nitrogen and oxygen atoms in total. The summed E-state index contributed by atoms with van der Waals surface area (Å²) >= 11 is 0. The second-order valence-electron chi connectivity index (χ2n) is 4.89. The van der Waals surface area contributed by atoms with Gasteiger partial charge in [0, 0.05) is 7.11 Å². The molecule has 1 aromatic carbocycles. The first kappa shape index (κ1) is 11.6. The van der Waals surface area contributed by atoms with E-state index in [1.807, 2.05) is 12.1 Å². The quantitative estimate of drug-likeness (QED) is 0.738. The van der Waals surface area contributed by atoms with E-state index >= 15 is 0 Å². The van der Waals surface area contributed by atoms with E-state index in [-0.39, 0.29) is 11.4 Å². The Labute approximate surface area is 96.6 Å². The smallest absolute Gasteiger partial charge is 0.123 e. The molecule has 2 rings (SSSR count). The van der Waals surface area contributed by atoms with Crippen LogP contribution in [0.2, 0.25) is 0 Å². The zero-order valence-corrected chi connectivity index (χ0v) is 10.0. The van der Waals surface area contributed by atoms with Crippen LogP contribution in [0.25, 0.3) is 0 Å². The third kappa shape index (κ3) is 2.12. The third-order valence-electron chi connectivity index (χ3n) is 3.84. The topological polar surface area (TPSA) is 9.23 Å². The van der Waals surface area contributed by atoms with Gasteiger partial charge in [-0.2, -0.15) is 0 Å². The molecule has 1 aliphatic rings. The molecule has 88 valence electrons. The first-order valence-electron chi connectivity index (χ1n) is 5.97. The molecule has 0 atom stereocenters. The van der Waals surface area contributed by atoms with Gasteiger partial charge in [0.05, 0.1) is 5.60 Å². The largest absolute Gasteiger partial charge is 0.374 e. The van der Waals surface area contributed by atoms with E-state index in [9.17, 15) is 4.39 Å². The van der Waals surface area contributed by atoms with Crippen LogP contribution in [-0.2, 0) is 10.3 Å². The van der Waals surface area contributed by atoms with Gasteiger partial charge in [0.2, 0.25) is 0 Å². The maximum atomic E-state index is 12.9. The van der Waals surface area contributed by atoms with Crippen LogP contribution in [0.15, 0.2) is 24.3 Å². The molecule has 0 heterocycles. The fourth-order valence-electron chi connectivity index (χ4n) is 2.59. The number of ether oxygens (including phenoxy) is 1. The summed E-state index contributed by atoms with van der Waals surface area (Å²) in [4.78, 5) is 0. The predicted octanol–water partition coefficient (Wildman–Crippen LogP) is 3.88. The van der Waals surface area contributed by atoms with E-state index in [0.29, 0.717) is 0 Å². The molecular formula is C14H19FO. The standard InChI is InChI=1S/C14H19FO/c1-11-7-9-14(16-2,10-8-11)12-3-5-13(15)6-4-12/h3-6,11H,7-10H2,1-2H3. The Hall–Kier alpha value is -0.890. The zero-order chi connectivity index (χ0) is 11.6. The number of hydrogen-bond donors (Lipinski definition) is 0. The van der Waals surface area contributed by atoms with E-state index in [2.05, 4.69) is 6.92 Å². The zero-order valence-electron chi connectivity index (χ0n) is 10.0. The van der Waals surface area contributed by atoms with Crippen LogP contribution >= 0.6 is 0 Å². The maximum Gasteiger partial charge on any atom is 0.123 e. The lowest BCUT2D eigenvalue weighted by atomic mass is 9.75. The first-order chi connectivity index (χ1) is 7.66. The summed E-state index contributed by atoms with van der Waals surface area (Å²) in [7, 11) is 1.76. The normalized spacial score (nSPS) is 30.3. The minimum atomic E-state index is -0.181. The van der Waals surface area contributed by atoms with Crippen LogP contribution in [0.5, 0.6) is 0 Å². The van der Waals surface area contributed by atoms with Gasteiger partial charge in [0.1, 0.15) is 5.82 Å². The van der Waals surface area contributed by atoms with Crippen molar-refractivity contribution in [3.05, 3.63) is 35.6 Å². The van der Waals surface area contributed by atoms with E-state index in [4.69, 9.17) is 4.74 Å². The molecule has 1 aliphatic carbocycles. The molecule has 1 saturated carbocycles. The van der Waals surface area contributed by atoms with E-state index in [0.717, 1.165) is 24.3 Å². The van der Waals surface area contributed by atoms with Gasteiger partial charge in [-0.1, -0.05) is 19.1 Å². The number of methoxy groups -OCH3 is 1. The van der Waals surface area contributed by atoms with Gasteiger partial charge in [0.15, 0.2) is 0 Å². The Morgan fingerprint density at radius 1 is 1.19 bits per heavy atom. The van der Waals surface area contributed by atoms with Crippen LogP contribution in [0.3, 0.4) is 0 Å². The van der Waals surface area contributed by atoms with Crippen LogP contribution in [-0.4, -0.2) is 7.11 Å². The predicted molar refractivity (Wildman–Crippen MR) is 62.7 cm³/mol. The van der Waals surface area contributed by atoms with Crippen LogP contribution in [0, 0.1) is 11.7 Å². The molecule has 2 heteroatoms. The van der Waals surface area contributed by atoms with Crippen molar-refractivity contribution in [2.75, 3.05) is 7.11 Å². The van der Waals surface area contributed by atoms with Crippen molar-refractivity contribution in [1.29, 1.82) is 0 Å². The molecule has 0 radical (unpaired) electrons. The molecule has 0 unspecified atom stereocenters. The molecule has 0 aromatic heterocycles. The summed E-state index contributed by atoms with van der Waals surface area (Å²) in [6.07, 6.45) is 4.45. The molecule has 0 N–H and O–H groups in total. The van der Waals surface area contributed by atoms with Crippen molar-refractivity contribution in [3.63, 3.8) is 0 Å². The Bertz CT molecular complexity index is 336. The second kappa shape index (κ2) is 4.54. The van der Waals surface area contributed by atoms with Crippen LogP contribution < -0.4 is 0 Å². The van der Waals surface area contributed by atoms with Crippen molar-refractivity contribution in [3.8, 4) is 0 Å². The molecule has 0 spiro atoms. The Kier molecular flexibility index (Phi) is 3.29. The molecule has 0 aliphatic heterocycles. The summed E-state index contributed by atoms with van der Waals surface area (Å²) < 4.78 is 18.6. The second-order valence-corrected chi connectivity index (χ2v) is 4.89. The van der Waals surface area contributed by atoms with Gasteiger partial charge in [-0.3, -0.25) is 0 Å². The van der Waals surface area contributed by atoms with Crippen molar-refractivity contribution in [1.82, 2.24) is 0 Å². The highest BCUT2D eigenvalue weighted by atomic mass is 19.1. The van der Waals surface area contributed by atoms with E-state index in [1.54, 1.807) is 7.11 Å². The minimum Gasteiger partial charge on any atom is -0.374 e. The molecule has 0 amide bonds. The number of rotatable bonds is 2. The van der Waals surface area contributed by atoms with Crippen molar-refractivity contribution < 1.29 is 9.13 Å². The lowest BCUT2D eigenvalue weighted by molar-refractivity contribution is -0.0530. The van der Waals surface area contributed by atoms with Gasteiger partial charge in [0.25, 0.3) is 0 Å². The molecular weight excluding hydrogens is 203 g/mol. The van der Waals surface area contributed by atoms with E-state index < -0.39 is 0 Å². The average molecular weight is 222 g/mol. The highest BCUT2D eigenvalue weighted by molar-refractivity contribution is 5.24. The fraction of sp³-hybridized carbons (Fsp3) is 0.571. The number of halogens is 1. The van der Waals surface area contributed by atoms with Crippen molar-refractivity contribution in [2.45, 2.75) is 38.2 Å². The summed E-state index contributed by atoms with van der Waals surface area (Å²) in [6, 6.07) is 6.76. The molecule has 1 fully saturated rings. The first-order valence-corrected chi connectivity index (χ1v) is 5.97. The van der Waals surface area contributed by atoms with Gasteiger partial charge in [-0.05, 0) is 49.3 Å². The molecule has 0 bridgehead atoms. The fourth-order valence-corrected chi connectivity index (χ4v) is 2.59. The van der Waals surface area contributed by atoms with Gasteiger partial charge in [-0.15, -0.1) is 0 Å². The summed E-state index contributed by atoms with van der Waals surface area (Å²) in [5.74, 6) is 0.600. The lowest BCUT2D eigenvalue weighted by Crippen LogP contribution is -2.33. The highest BCUT2D eigenvalue weighted by Crippen LogP contribution is 2.41. The lowest BCUT2D eigenvalue weighted by Gasteiger charge is -2.38. The SMILES string of the molecule is COC1(c2ccc(F)cc2)CCC(C)CC1. The number of hydrogen-bond acceptors (Lipinski definition) is 1. The molecule has 1 aromatic rings. The van der Waals surface area contributed by atoms with Gasteiger partial charge < -0.3 is 4.74 Å². The Morgan fingerprint density at radius 2 is 1.75 bits per heavy atom. The molecule has 16 heavy (non-hydrogen) atoms. The van der Waals surface area contributed by atoms with Crippen LogP contribution in [0.4, 0.5) is 4.39 Å². The highest BCUT2D eigenvalue weighted by Gasteiger charge is 2.35. The van der Waals surface area contributed by atoms with Gasteiger partial charge in [-0.25, -0.2) is 4.39 Å². The van der Waals surface area contributed by atoms with E-state index in [1.165, 1.54) is 25.0 Å². The third-order valence-corrected chi connectivity index (χ3v) is 3.84. The van der Waals surface area contributed by atoms with Crippen molar-refractivity contribution >= 4 is 0 Å². The summed E-state index contributed by atoms with van der Waals surface area (Å²) in [5, 5.41) is 0. The average Bonchev–Trinajstić information content (AvgIpc) is 2.32. The maximum absolute atomic E-state index is 12.9.